The molecule has 0 saturated carbocycles. The zero-order chi connectivity index (χ0) is 7.23. The number of methoxy groups -OCH3 is 1. The van der Waals surface area contributed by atoms with E-state index in [0.717, 1.165) is 31.4 Å². The van der Waals surface area contributed by atoms with Crippen LogP contribution in [0.3, 0.4) is 0 Å². The normalized spacial score (nSPS) is 19.1. The van der Waals surface area contributed by atoms with Gasteiger partial charge in [-0.15, -0.1) is 0 Å². The van der Waals surface area contributed by atoms with Crippen molar-refractivity contribution in [2.45, 2.75) is 25.7 Å². The van der Waals surface area contributed by atoms with Crippen molar-refractivity contribution in [2.75, 3.05) is 7.11 Å². The highest BCUT2D eigenvalue weighted by molar-refractivity contribution is 4.99. The average molecular weight is 138 g/mol. The van der Waals surface area contributed by atoms with Crippen molar-refractivity contribution in [2.24, 2.45) is 0 Å². The molecule has 0 radical (unpaired) electrons. The van der Waals surface area contributed by atoms with Crippen LogP contribution in [-0.4, -0.2) is 7.11 Å². The summed E-state index contributed by atoms with van der Waals surface area (Å²) in [6.07, 6.45) is 11.1. The number of rotatable bonds is 1. The zero-order valence-corrected chi connectivity index (χ0v) is 6.47. The van der Waals surface area contributed by atoms with E-state index in [-0.39, 0.29) is 0 Å². The average Bonchev–Trinajstić information content (AvgIpc) is 1.87. The summed E-state index contributed by atoms with van der Waals surface area (Å²) < 4.78 is 5.15. The monoisotopic (exact) mass is 138 g/mol. The van der Waals surface area contributed by atoms with Crippen LogP contribution in [0.4, 0.5) is 0 Å². The summed E-state index contributed by atoms with van der Waals surface area (Å²) in [6.45, 7) is 0. The zero-order valence-electron chi connectivity index (χ0n) is 6.47. The van der Waals surface area contributed by atoms with Gasteiger partial charge in [0.1, 0.15) is 0 Å². The van der Waals surface area contributed by atoms with Crippen LogP contribution in [0.1, 0.15) is 25.7 Å². The summed E-state index contributed by atoms with van der Waals surface area (Å²) in [5, 5.41) is 0. The van der Waals surface area contributed by atoms with E-state index in [1.54, 1.807) is 7.11 Å². The highest BCUT2D eigenvalue weighted by Crippen LogP contribution is 2.11. The molecule has 0 aromatic carbocycles. The van der Waals surface area contributed by atoms with Crippen molar-refractivity contribution in [3.8, 4) is 0 Å². The number of allylic oxidation sites excluding steroid dienone is 4. The van der Waals surface area contributed by atoms with Gasteiger partial charge in [-0.05, 0) is 25.3 Å². The van der Waals surface area contributed by atoms with Gasteiger partial charge in [-0.1, -0.05) is 12.2 Å². The number of hydrogen-bond donors (Lipinski definition) is 0. The second kappa shape index (κ2) is 4.15. The van der Waals surface area contributed by atoms with Gasteiger partial charge in [0.2, 0.25) is 0 Å². The summed E-state index contributed by atoms with van der Waals surface area (Å²) in [6, 6.07) is 0. The van der Waals surface area contributed by atoms with Gasteiger partial charge in [0, 0.05) is 6.42 Å². The molecule has 1 aliphatic carbocycles. The lowest BCUT2D eigenvalue weighted by molar-refractivity contribution is 0.275. The molecule has 0 aliphatic heterocycles. The Bertz CT molecular complexity index is 145. The smallest absolute Gasteiger partial charge is 0.0918 e. The Morgan fingerprint density at radius 3 is 2.80 bits per heavy atom. The molecule has 1 heteroatoms. The Kier molecular flexibility index (Phi) is 3.07. The van der Waals surface area contributed by atoms with E-state index in [4.69, 9.17) is 4.74 Å². The second-order valence-electron chi connectivity index (χ2n) is 2.46. The van der Waals surface area contributed by atoms with E-state index in [1.165, 1.54) is 0 Å². The lowest BCUT2D eigenvalue weighted by atomic mass is 10.1. The van der Waals surface area contributed by atoms with Crippen molar-refractivity contribution < 1.29 is 4.74 Å². The minimum absolute atomic E-state index is 1.06. The molecule has 0 atom stereocenters. The molecule has 1 nitrogen and oxygen atoms in total. The Balaban J connectivity index is 2.41. The van der Waals surface area contributed by atoms with Gasteiger partial charge in [-0.3, -0.25) is 0 Å². The SMILES string of the molecule is COC1=CCCC=CCC1. The topological polar surface area (TPSA) is 9.23 Å². The summed E-state index contributed by atoms with van der Waals surface area (Å²) in [7, 11) is 1.75. The van der Waals surface area contributed by atoms with Gasteiger partial charge in [0.25, 0.3) is 0 Å². The summed E-state index contributed by atoms with van der Waals surface area (Å²) in [4.78, 5) is 0. The maximum Gasteiger partial charge on any atom is 0.0918 e. The molecule has 0 aromatic rings. The van der Waals surface area contributed by atoms with Crippen molar-refractivity contribution >= 4 is 0 Å². The van der Waals surface area contributed by atoms with E-state index in [9.17, 15) is 0 Å². The van der Waals surface area contributed by atoms with Crippen LogP contribution in [0.5, 0.6) is 0 Å². The van der Waals surface area contributed by atoms with Crippen LogP contribution < -0.4 is 0 Å². The van der Waals surface area contributed by atoms with Crippen LogP contribution >= 0.6 is 0 Å². The molecule has 0 bridgehead atoms. The van der Waals surface area contributed by atoms with Crippen molar-refractivity contribution in [1.29, 1.82) is 0 Å². The summed E-state index contributed by atoms with van der Waals surface area (Å²) in [5.74, 6) is 1.14. The van der Waals surface area contributed by atoms with Crippen LogP contribution in [0.25, 0.3) is 0 Å². The first kappa shape index (κ1) is 7.39. The maximum atomic E-state index is 5.15. The molecule has 0 amide bonds. The molecular weight excluding hydrogens is 124 g/mol. The van der Waals surface area contributed by atoms with Crippen LogP contribution in [0.2, 0.25) is 0 Å². The van der Waals surface area contributed by atoms with E-state index in [0.29, 0.717) is 0 Å². The number of ether oxygens (including phenoxy) is 1. The molecule has 0 unspecified atom stereocenters. The summed E-state index contributed by atoms with van der Waals surface area (Å²) in [5.41, 5.74) is 0. The lowest BCUT2D eigenvalue weighted by Gasteiger charge is -2.05. The quantitative estimate of drug-likeness (QED) is 0.506. The first-order valence-corrected chi connectivity index (χ1v) is 3.81. The van der Waals surface area contributed by atoms with Gasteiger partial charge in [0.15, 0.2) is 0 Å². The second-order valence-corrected chi connectivity index (χ2v) is 2.46. The molecule has 0 fully saturated rings. The van der Waals surface area contributed by atoms with Gasteiger partial charge in [0.05, 0.1) is 12.9 Å². The minimum atomic E-state index is 1.06. The highest BCUT2D eigenvalue weighted by atomic mass is 16.5. The lowest BCUT2D eigenvalue weighted by Crippen LogP contribution is -1.88. The fraction of sp³-hybridized carbons (Fsp3) is 0.556. The Labute approximate surface area is 62.4 Å². The highest BCUT2D eigenvalue weighted by Gasteiger charge is 1.95. The van der Waals surface area contributed by atoms with Crippen molar-refractivity contribution in [3.63, 3.8) is 0 Å². The summed E-state index contributed by atoms with van der Waals surface area (Å²) >= 11 is 0. The molecule has 0 heterocycles. The fourth-order valence-corrected chi connectivity index (χ4v) is 1.09. The molecule has 10 heavy (non-hydrogen) atoms. The van der Waals surface area contributed by atoms with Gasteiger partial charge < -0.3 is 4.74 Å². The molecule has 0 aromatic heterocycles. The van der Waals surface area contributed by atoms with Crippen LogP contribution in [0.15, 0.2) is 24.0 Å². The third-order valence-electron chi connectivity index (χ3n) is 1.69. The first-order valence-electron chi connectivity index (χ1n) is 3.81. The fourth-order valence-electron chi connectivity index (χ4n) is 1.09. The predicted octanol–water partition coefficient (Wildman–Crippen LogP) is 2.65. The molecule has 56 valence electrons. The Morgan fingerprint density at radius 1 is 1.20 bits per heavy atom. The van der Waals surface area contributed by atoms with Crippen LogP contribution in [-0.2, 0) is 4.74 Å². The standard InChI is InChI=1S/C9H14O/c1-10-9-7-5-3-2-4-6-8-9/h2-3,8H,4-7H2,1H3. The molecular formula is C9H14O. The molecule has 1 aliphatic rings. The Morgan fingerprint density at radius 2 is 2.00 bits per heavy atom. The molecule has 1 rings (SSSR count). The van der Waals surface area contributed by atoms with E-state index >= 15 is 0 Å². The third-order valence-corrected chi connectivity index (χ3v) is 1.69. The van der Waals surface area contributed by atoms with Crippen LogP contribution in [0, 0.1) is 0 Å². The third kappa shape index (κ3) is 2.26. The van der Waals surface area contributed by atoms with E-state index < -0.39 is 0 Å². The van der Waals surface area contributed by atoms with Crippen molar-refractivity contribution in [3.05, 3.63) is 24.0 Å². The predicted molar refractivity (Wildman–Crippen MR) is 42.7 cm³/mol. The van der Waals surface area contributed by atoms with Gasteiger partial charge in [-0.2, -0.15) is 0 Å². The maximum absolute atomic E-state index is 5.15. The largest absolute Gasteiger partial charge is 0.501 e. The first-order chi connectivity index (χ1) is 4.93. The molecule has 0 spiro atoms. The molecule has 0 saturated heterocycles. The van der Waals surface area contributed by atoms with Gasteiger partial charge >= 0.3 is 0 Å². The van der Waals surface area contributed by atoms with E-state index in [1.807, 2.05) is 0 Å². The number of hydrogen-bond acceptors (Lipinski definition) is 1. The Hall–Kier alpha value is -0.720. The molecule has 0 N–H and O–H groups in total. The van der Waals surface area contributed by atoms with E-state index in [2.05, 4.69) is 18.2 Å². The van der Waals surface area contributed by atoms with Gasteiger partial charge in [-0.25, -0.2) is 0 Å². The minimum Gasteiger partial charge on any atom is -0.501 e. The van der Waals surface area contributed by atoms with Crippen molar-refractivity contribution in [1.82, 2.24) is 0 Å².